The van der Waals surface area contributed by atoms with Crippen LogP contribution in [0.1, 0.15) is 21.5 Å². The lowest BCUT2D eigenvalue weighted by atomic mass is 10.1. The average molecular weight is 391 g/mol. The number of hydrogen-bond acceptors (Lipinski definition) is 5. The lowest BCUT2D eigenvalue weighted by Gasteiger charge is -2.12. The number of carboxylic acid groups (broad SMARTS) is 1. The van der Waals surface area contributed by atoms with Crippen LogP contribution in [0.3, 0.4) is 0 Å². The summed E-state index contributed by atoms with van der Waals surface area (Å²) < 4.78 is 29.2. The predicted octanol–water partition coefficient (Wildman–Crippen LogP) is 3.01. The summed E-state index contributed by atoms with van der Waals surface area (Å²) in [5.74, 6) is -1.55. The Kier molecular flexibility index (Phi) is 7.91. The number of hydrogen-bond donors (Lipinski definition) is 2. The third kappa shape index (κ3) is 6.33. The van der Waals surface area contributed by atoms with E-state index < -0.39 is 24.3 Å². The van der Waals surface area contributed by atoms with Crippen molar-refractivity contribution in [1.29, 1.82) is 0 Å². The molecule has 7 nitrogen and oxygen atoms in total. The third-order valence-electron chi connectivity index (χ3n) is 3.81. The second-order valence-electron chi connectivity index (χ2n) is 5.96. The first-order valence-corrected chi connectivity index (χ1v) is 8.52. The van der Waals surface area contributed by atoms with E-state index in [0.29, 0.717) is 30.2 Å². The van der Waals surface area contributed by atoms with E-state index in [1.807, 2.05) is 0 Å². The molecule has 0 atom stereocenters. The molecule has 0 unspecified atom stereocenters. The number of carbonyl (C=O) groups is 2. The fourth-order valence-corrected chi connectivity index (χ4v) is 2.36. The fraction of sp³-hybridized carbons (Fsp3) is 0.300. The molecular formula is C20H22FNO6. The van der Waals surface area contributed by atoms with Gasteiger partial charge in [0.2, 0.25) is 0 Å². The van der Waals surface area contributed by atoms with Gasteiger partial charge in [-0.05, 0) is 48.9 Å². The van der Waals surface area contributed by atoms with Crippen molar-refractivity contribution in [1.82, 2.24) is 0 Å². The van der Waals surface area contributed by atoms with Crippen molar-refractivity contribution in [2.24, 2.45) is 0 Å². The number of halogens is 1. The molecule has 2 N–H and O–H groups in total. The van der Waals surface area contributed by atoms with Crippen LogP contribution >= 0.6 is 0 Å². The number of methoxy groups -OCH3 is 1. The van der Waals surface area contributed by atoms with Crippen molar-refractivity contribution in [3.8, 4) is 5.75 Å². The van der Waals surface area contributed by atoms with Gasteiger partial charge in [0, 0.05) is 23.9 Å². The molecule has 28 heavy (non-hydrogen) atoms. The van der Waals surface area contributed by atoms with Crippen molar-refractivity contribution in [2.75, 3.05) is 32.2 Å². The van der Waals surface area contributed by atoms with Crippen molar-refractivity contribution in [2.45, 2.75) is 13.5 Å². The van der Waals surface area contributed by atoms with Gasteiger partial charge in [-0.3, -0.25) is 4.79 Å². The minimum Gasteiger partial charge on any atom is -0.482 e. The molecule has 0 aliphatic carbocycles. The number of carboxylic acids is 1. The summed E-state index contributed by atoms with van der Waals surface area (Å²) in [6, 6.07) is 8.85. The molecule has 0 saturated carbocycles. The van der Waals surface area contributed by atoms with Crippen LogP contribution in [0, 0.1) is 12.7 Å². The molecule has 0 aliphatic heterocycles. The van der Waals surface area contributed by atoms with Crippen LogP contribution in [0.4, 0.5) is 10.1 Å². The molecule has 8 heteroatoms. The van der Waals surface area contributed by atoms with Crippen molar-refractivity contribution in [3.05, 3.63) is 58.9 Å². The molecule has 0 aromatic heterocycles. The first kappa shape index (κ1) is 21.3. The maximum Gasteiger partial charge on any atom is 0.341 e. The van der Waals surface area contributed by atoms with Crippen LogP contribution < -0.4 is 10.1 Å². The molecule has 0 spiro atoms. The predicted molar refractivity (Wildman–Crippen MR) is 100 cm³/mol. The van der Waals surface area contributed by atoms with Crippen molar-refractivity contribution < 1.29 is 33.3 Å². The number of anilines is 1. The SMILES string of the molecule is COCCOCc1cc(C(=O)Nc2ccc(OCC(=O)O)cc2C)ccc1F. The minimum atomic E-state index is -1.08. The van der Waals surface area contributed by atoms with Gasteiger partial charge in [0.05, 0.1) is 19.8 Å². The van der Waals surface area contributed by atoms with Gasteiger partial charge in [0.25, 0.3) is 5.91 Å². The second kappa shape index (κ2) is 10.4. The number of aryl methyl sites for hydroxylation is 1. The molecule has 0 heterocycles. The summed E-state index contributed by atoms with van der Waals surface area (Å²) in [5.41, 5.74) is 1.80. The zero-order chi connectivity index (χ0) is 20.5. The lowest BCUT2D eigenvalue weighted by Crippen LogP contribution is -2.14. The monoisotopic (exact) mass is 391 g/mol. The molecule has 0 fully saturated rings. The number of benzene rings is 2. The van der Waals surface area contributed by atoms with Crippen molar-refractivity contribution >= 4 is 17.6 Å². The number of amides is 1. The van der Waals surface area contributed by atoms with Crippen LogP contribution in [0.5, 0.6) is 5.75 Å². The number of nitrogens with one attached hydrogen (secondary N) is 1. The summed E-state index contributed by atoms with van der Waals surface area (Å²) in [5, 5.41) is 11.4. The summed E-state index contributed by atoms with van der Waals surface area (Å²) >= 11 is 0. The van der Waals surface area contributed by atoms with E-state index in [2.05, 4.69) is 5.32 Å². The van der Waals surface area contributed by atoms with Gasteiger partial charge in [-0.1, -0.05) is 0 Å². The van der Waals surface area contributed by atoms with Gasteiger partial charge >= 0.3 is 5.97 Å². The van der Waals surface area contributed by atoms with Gasteiger partial charge in [0.15, 0.2) is 6.61 Å². The summed E-state index contributed by atoms with van der Waals surface area (Å²) in [6.07, 6.45) is 0. The van der Waals surface area contributed by atoms with E-state index in [-0.39, 0.29) is 17.7 Å². The number of rotatable bonds is 10. The van der Waals surface area contributed by atoms with Gasteiger partial charge in [0.1, 0.15) is 11.6 Å². The minimum absolute atomic E-state index is 0.0327. The maximum absolute atomic E-state index is 13.9. The summed E-state index contributed by atoms with van der Waals surface area (Å²) in [7, 11) is 1.54. The fourth-order valence-electron chi connectivity index (χ4n) is 2.36. The standard InChI is InChI=1S/C20H22FNO6/c1-13-9-16(28-12-19(23)24)4-6-18(13)22-20(25)14-3-5-17(21)15(10-14)11-27-8-7-26-2/h3-6,9-10H,7-8,11-12H2,1-2H3,(H,22,25)(H,23,24). The first-order valence-electron chi connectivity index (χ1n) is 8.52. The van der Waals surface area contributed by atoms with Gasteiger partial charge in [-0.2, -0.15) is 0 Å². The highest BCUT2D eigenvalue weighted by Gasteiger charge is 2.12. The Bertz CT molecular complexity index is 839. The van der Waals surface area contributed by atoms with Gasteiger partial charge in [-0.25, -0.2) is 9.18 Å². The Morgan fingerprint density at radius 3 is 2.61 bits per heavy atom. The van der Waals surface area contributed by atoms with E-state index in [1.165, 1.54) is 18.2 Å². The van der Waals surface area contributed by atoms with E-state index in [4.69, 9.17) is 19.3 Å². The second-order valence-corrected chi connectivity index (χ2v) is 5.96. The first-order chi connectivity index (χ1) is 13.4. The van der Waals surface area contributed by atoms with E-state index in [1.54, 1.807) is 32.2 Å². The summed E-state index contributed by atoms with van der Waals surface area (Å²) in [6.45, 7) is 2.05. The molecular weight excluding hydrogens is 369 g/mol. The molecule has 0 bridgehead atoms. The molecule has 2 rings (SSSR count). The largest absolute Gasteiger partial charge is 0.482 e. The molecule has 150 valence electrons. The molecule has 1 amide bonds. The smallest absolute Gasteiger partial charge is 0.341 e. The van der Waals surface area contributed by atoms with E-state index in [0.717, 1.165) is 0 Å². The Hall–Kier alpha value is -2.97. The number of carbonyl (C=O) groups excluding carboxylic acids is 1. The quantitative estimate of drug-likeness (QED) is 0.605. The van der Waals surface area contributed by atoms with Crippen LogP contribution in [0.2, 0.25) is 0 Å². The van der Waals surface area contributed by atoms with E-state index in [9.17, 15) is 14.0 Å². The normalized spacial score (nSPS) is 10.5. The molecule has 2 aromatic rings. The lowest BCUT2D eigenvalue weighted by molar-refractivity contribution is -0.139. The van der Waals surface area contributed by atoms with Gasteiger partial charge < -0.3 is 24.6 Å². The Balaban J connectivity index is 2.05. The maximum atomic E-state index is 13.9. The highest BCUT2D eigenvalue weighted by molar-refractivity contribution is 6.04. The van der Waals surface area contributed by atoms with E-state index >= 15 is 0 Å². The topological polar surface area (TPSA) is 94.1 Å². The molecule has 0 saturated heterocycles. The van der Waals surface area contributed by atoms with Crippen LogP contribution in [0.15, 0.2) is 36.4 Å². The van der Waals surface area contributed by atoms with Crippen LogP contribution in [0.25, 0.3) is 0 Å². The Labute approximate surface area is 162 Å². The Morgan fingerprint density at radius 1 is 1.14 bits per heavy atom. The molecule has 0 aliphatic rings. The van der Waals surface area contributed by atoms with Crippen LogP contribution in [-0.2, 0) is 20.9 Å². The zero-order valence-corrected chi connectivity index (χ0v) is 15.7. The van der Waals surface area contributed by atoms with Crippen LogP contribution in [-0.4, -0.2) is 43.9 Å². The third-order valence-corrected chi connectivity index (χ3v) is 3.81. The summed E-state index contributed by atoms with van der Waals surface area (Å²) in [4.78, 5) is 23.1. The van der Waals surface area contributed by atoms with Gasteiger partial charge in [-0.15, -0.1) is 0 Å². The number of aliphatic carboxylic acids is 1. The molecule has 0 radical (unpaired) electrons. The highest BCUT2D eigenvalue weighted by atomic mass is 19.1. The van der Waals surface area contributed by atoms with Crippen molar-refractivity contribution in [3.63, 3.8) is 0 Å². The zero-order valence-electron chi connectivity index (χ0n) is 15.7. The number of ether oxygens (including phenoxy) is 3. The Morgan fingerprint density at radius 2 is 1.93 bits per heavy atom. The highest BCUT2D eigenvalue weighted by Crippen LogP contribution is 2.22. The molecule has 2 aromatic carbocycles. The average Bonchev–Trinajstić information content (AvgIpc) is 2.66.